The third kappa shape index (κ3) is 3.25. The molecule has 2 aromatic rings. The number of anilines is 2. The molecular weight excluding hydrogens is 240 g/mol. The first-order valence-electron chi connectivity index (χ1n) is 5.96. The lowest BCUT2D eigenvalue weighted by Gasteiger charge is -2.18. The van der Waals surface area contributed by atoms with Gasteiger partial charge in [0.1, 0.15) is 5.75 Å². The molecule has 0 bridgehead atoms. The lowest BCUT2D eigenvalue weighted by molar-refractivity contribution is 0.258. The minimum absolute atomic E-state index is 0.132. The summed E-state index contributed by atoms with van der Waals surface area (Å²) in [5, 5.41) is 12.2. The van der Waals surface area contributed by atoms with Crippen LogP contribution >= 0.6 is 0 Å². The van der Waals surface area contributed by atoms with Crippen molar-refractivity contribution in [2.75, 3.05) is 17.3 Å². The fourth-order valence-corrected chi connectivity index (χ4v) is 1.66. The van der Waals surface area contributed by atoms with Crippen molar-refractivity contribution >= 4 is 17.4 Å². The molecule has 0 aromatic heterocycles. The van der Waals surface area contributed by atoms with Gasteiger partial charge in [-0.05, 0) is 31.2 Å². The van der Waals surface area contributed by atoms with Gasteiger partial charge in [0.2, 0.25) is 0 Å². The smallest absolute Gasteiger partial charge is 0.326 e. The van der Waals surface area contributed by atoms with Crippen LogP contribution in [-0.2, 0) is 0 Å². The Labute approximate surface area is 112 Å². The number of nitrogens with one attached hydrogen (secondary N) is 1. The number of rotatable bonds is 2. The summed E-state index contributed by atoms with van der Waals surface area (Å²) < 4.78 is 0. The Balaban J connectivity index is 2.09. The van der Waals surface area contributed by atoms with Crippen LogP contribution in [0.25, 0.3) is 0 Å². The molecule has 2 amide bonds. The van der Waals surface area contributed by atoms with E-state index in [1.54, 1.807) is 25.2 Å². The Morgan fingerprint density at radius 3 is 2.47 bits per heavy atom. The van der Waals surface area contributed by atoms with Gasteiger partial charge in [-0.3, -0.25) is 4.90 Å². The topological polar surface area (TPSA) is 52.6 Å². The first-order chi connectivity index (χ1) is 9.06. The van der Waals surface area contributed by atoms with Crippen LogP contribution in [0, 0.1) is 6.92 Å². The van der Waals surface area contributed by atoms with Gasteiger partial charge >= 0.3 is 6.03 Å². The summed E-state index contributed by atoms with van der Waals surface area (Å²) in [7, 11) is 1.65. The van der Waals surface area contributed by atoms with Crippen molar-refractivity contribution in [3.8, 4) is 5.75 Å². The molecule has 2 aromatic carbocycles. The lowest BCUT2D eigenvalue weighted by Crippen LogP contribution is -2.31. The van der Waals surface area contributed by atoms with Crippen LogP contribution in [0.3, 0.4) is 0 Å². The quantitative estimate of drug-likeness (QED) is 0.865. The van der Waals surface area contributed by atoms with Crippen LogP contribution in [0.15, 0.2) is 48.5 Å². The molecule has 4 nitrogen and oxygen atoms in total. The van der Waals surface area contributed by atoms with Gasteiger partial charge in [-0.1, -0.05) is 23.8 Å². The van der Waals surface area contributed by atoms with E-state index in [-0.39, 0.29) is 11.8 Å². The number of hydrogen-bond donors (Lipinski definition) is 2. The van der Waals surface area contributed by atoms with Crippen LogP contribution in [0.1, 0.15) is 5.56 Å². The standard InChI is InChI=1S/C15H16N2O2/c1-11-6-8-12(9-7-11)16-15(19)17(2)13-4-3-5-14(18)10-13/h3-10,18H,1-2H3,(H,16,19). The van der Waals surface area contributed by atoms with Gasteiger partial charge in [0.05, 0.1) is 0 Å². The predicted molar refractivity (Wildman–Crippen MR) is 76.7 cm³/mol. The molecule has 0 heterocycles. The highest BCUT2D eigenvalue weighted by atomic mass is 16.3. The summed E-state index contributed by atoms with van der Waals surface area (Å²) in [4.78, 5) is 13.5. The predicted octanol–water partition coefficient (Wildman–Crippen LogP) is 3.37. The summed E-state index contributed by atoms with van der Waals surface area (Å²) in [6, 6.07) is 13.9. The van der Waals surface area contributed by atoms with E-state index in [2.05, 4.69) is 5.32 Å². The maximum absolute atomic E-state index is 12.0. The molecule has 0 fully saturated rings. The van der Waals surface area contributed by atoms with Crippen LogP contribution in [0.4, 0.5) is 16.2 Å². The minimum atomic E-state index is -0.255. The summed E-state index contributed by atoms with van der Waals surface area (Å²) in [6.45, 7) is 1.99. The van der Waals surface area contributed by atoms with E-state index in [9.17, 15) is 9.90 Å². The van der Waals surface area contributed by atoms with Crippen molar-refractivity contribution < 1.29 is 9.90 Å². The van der Waals surface area contributed by atoms with Crippen LogP contribution in [0.2, 0.25) is 0 Å². The molecule has 19 heavy (non-hydrogen) atoms. The molecule has 2 N–H and O–H groups in total. The molecule has 0 aliphatic rings. The lowest BCUT2D eigenvalue weighted by atomic mass is 10.2. The number of phenolic OH excluding ortho intramolecular Hbond substituents is 1. The zero-order chi connectivity index (χ0) is 13.8. The van der Waals surface area contributed by atoms with Crippen molar-refractivity contribution in [3.05, 3.63) is 54.1 Å². The number of nitrogens with zero attached hydrogens (tertiary/aromatic N) is 1. The highest BCUT2D eigenvalue weighted by Gasteiger charge is 2.11. The zero-order valence-corrected chi connectivity index (χ0v) is 10.9. The van der Waals surface area contributed by atoms with Crippen molar-refractivity contribution in [3.63, 3.8) is 0 Å². The van der Waals surface area contributed by atoms with Crippen molar-refractivity contribution in [2.45, 2.75) is 6.92 Å². The van der Waals surface area contributed by atoms with Crippen LogP contribution < -0.4 is 10.2 Å². The molecule has 4 heteroatoms. The number of amides is 2. The first kappa shape index (κ1) is 13.0. The largest absolute Gasteiger partial charge is 0.508 e. The van der Waals surface area contributed by atoms with E-state index in [0.717, 1.165) is 11.3 Å². The summed E-state index contributed by atoms with van der Waals surface area (Å²) in [5.74, 6) is 0.132. The maximum Gasteiger partial charge on any atom is 0.326 e. The van der Waals surface area contributed by atoms with Gasteiger partial charge in [0.25, 0.3) is 0 Å². The number of benzene rings is 2. The average Bonchev–Trinajstić information content (AvgIpc) is 2.40. The summed E-state index contributed by atoms with van der Waals surface area (Å²) in [5.41, 5.74) is 2.51. The number of aromatic hydroxyl groups is 1. The van der Waals surface area contributed by atoms with Gasteiger partial charge in [-0.2, -0.15) is 0 Å². The normalized spacial score (nSPS) is 10.0. The fourth-order valence-electron chi connectivity index (χ4n) is 1.66. The van der Waals surface area contributed by atoms with Gasteiger partial charge in [0, 0.05) is 24.5 Å². The summed E-state index contributed by atoms with van der Waals surface area (Å²) >= 11 is 0. The molecule has 2 rings (SSSR count). The second-order valence-electron chi connectivity index (χ2n) is 4.38. The minimum Gasteiger partial charge on any atom is -0.508 e. The van der Waals surface area contributed by atoms with Crippen molar-refractivity contribution in [2.24, 2.45) is 0 Å². The molecule has 0 saturated heterocycles. The molecular formula is C15H16N2O2. The van der Waals surface area contributed by atoms with Crippen molar-refractivity contribution in [1.29, 1.82) is 0 Å². The van der Waals surface area contributed by atoms with E-state index in [1.165, 1.54) is 11.0 Å². The highest BCUT2D eigenvalue weighted by molar-refractivity contribution is 6.01. The van der Waals surface area contributed by atoms with Crippen molar-refractivity contribution in [1.82, 2.24) is 0 Å². The van der Waals surface area contributed by atoms with Crippen LogP contribution in [0.5, 0.6) is 5.75 Å². The van der Waals surface area contributed by atoms with Gasteiger partial charge < -0.3 is 10.4 Å². The number of phenols is 1. The van der Waals surface area contributed by atoms with E-state index < -0.39 is 0 Å². The Kier molecular flexibility index (Phi) is 3.71. The molecule has 0 aliphatic carbocycles. The molecule has 0 atom stereocenters. The molecule has 98 valence electrons. The molecule has 0 aliphatic heterocycles. The number of aryl methyl sites for hydroxylation is 1. The van der Waals surface area contributed by atoms with Crippen LogP contribution in [-0.4, -0.2) is 18.2 Å². The number of carbonyl (C=O) groups is 1. The Hall–Kier alpha value is -2.49. The Morgan fingerprint density at radius 2 is 1.84 bits per heavy atom. The van der Waals surface area contributed by atoms with Gasteiger partial charge in [-0.15, -0.1) is 0 Å². The van der Waals surface area contributed by atoms with E-state index in [0.29, 0.717) is 5.69 Å². The molecule has 0 saturated carbocycles. The van der Waals surface area contributed by atoms with Gasteiger partial charge in [0.15, 0.2) is 0 Å². The Morgan fingerprint density at radius 1 is 1.16 bits per heavy atom. The third-order valence-electron chi connectivity index (χ3n) is 2.82. The average molecular weight is 256 g/mol. The zero-order valence-electron chi connectivity index (χ0n) is 10.9. The van der Waals surface area contributed by atoms with E-state index in [4.69, 9.17) is 0 Å². The van der Waals surface area contributed by atoms with Gasteiger partial charge in [-0.25, -0.2) is 4.79 Å². The number of carbonyl (C=O) groups excluding carboxylic acids is 1. The third-order valence-corrected chi connectivity index (χ3v) is 2.82. The monoisotopic (exact) mass is 256 g/mol. The van der Waals surface area contributed by atoms with E-state index in [1.807, 2.05) is 31.2 Å². The molecule has 0 unspecified atom stereocenters. The molecule has 0 radical (unpaired) electrons. The number of urea groups is 1. The Bertz CT molecular complexity index is 579. The second kappa shape index (κ2) is 5.44. The number of hydrogen-bond acceptors (Lipinski definition) is 2. The maximum atomic E-state index is 12.0. The second-order valence-corrected chi connectivity index (χ2v) is 4.38. The highest BCUT2D eigenvalue weighted by Crippen LogP contribution is 2.19. The van der Waals surface area contributed by atoms with E-state index >= 15 is 0 Å². The fraction of sp³-hybridized carbons (Fsp3) is 0.133. The SMILES string of the molecule is Cc1ccc(NC(=O)N(C)c2cccc(O)c2)cc1. The summed E-state index contributed by atoms with van der Waals surface area (Å²) in [6.07, 6.45) is 0. The molecule has 0 spiro atoms. The first-order valence-corrected chi connectivity index (χ1v) is 5.96.